The van der Waals surface area contributed by atoms with E-state index in [0.717, 1.165) is 0 Å². The first-order valence-corrected chi connectivity index (χ1v) is 8.03. The lowest BCUT2D eigenvalue weighted by atomic mass is 9.91. The van der Waals surface area contributed by atoms with E-state index < -0.39 is 29.6 Å². The number of aliphatic carboxylic acids is 1. The summed E-state index contributed by atoms with van der Waals surface area (Å²) < 4.78 is 5.31. The van der Waals surface area contributed by atoms with Gasteiger partial charge in [0.25, 0.3) is 0 Å². The highest BCUT2D eigenvalue weighted by Gasteiger charge is 2.44. The number of amides is 1. The van der Waals surface area contributed by atoms with E-state index in [0.29, 0.717) is 28.6 Å². The number of ether oxygens (including phenoxy) is 1. The van der Waals surface area contributed by atoms with Gasteiger partial charge in [0.05, 0.1) is 0 Å². The summed E-state index contributed by atoms with van der Waals surface area (Å²) in [5, 5.41) is 10.5. The Morgan fingerprint density at radius 3 is 2.48 bits per heavy atom. The van der Waals surface area contributed by atoms with Crippen molar-refractivity contribution in [2.75, 3.05) is 6.54 Å². The largest absolute Gasteiger partial charge is 0.480 e. The molecule has 1 N–H and O–H groups in total. The van der Waals surface area contributed by atoms with Crippen LogP contribution in [0.1, 0.15) is 38.7 Å². The second-order valence-electron chi connectivity index (χ2n) is 6.52. The van der Waals surface area contributed by atoms with E-state index in [4.69, 9.17) is 27.9 Å². The molecule has 0 radical (unpaired) electrons. The zero-order valence-corrected chi connectivity index (χ0v) is 14.7. The van der Waals surface area contributed by atoms with Gasteiger partial charge in [-0.3, -0.25) is 4.90 Å². The Hall–Kier alpha value is -1.46. The topological polar surface area (TPSA) is 66.8 Å². The smallest absolute Gasteiger partial charge is 0.411 e. The molecule has 1 heterocycles. The van der Waals surface area contributed by atoms with Crippen LogP contribution in [0.5, 0.6) is 0 Å². The second kappa shape index (κ2) is 6.57. The Morgan fingerprint density at radius 2 is 1.96 bits per heavy atom. The highest BCUT2D eigenvalue weighted by atomic mass is 35.5. The van der Waals surface area contributed by atoms with Crippen molar-refractivity contribution in [2.24, 2.45) is 0 Å². The number of halogens is 2. The molecule has 0 saturated carbocycles. The first-order chi connectivity index (χ1) is 10.6. The molecule has 1 fully saturated rings. The molecule has 1 aliphatic rings. The zero-order chi connectivity index (χ0) is 17.4. The minimum atomic E-state index is -1.08. The fourth-order valence-corrected chi connectivity index (χ4v) is 3.30. The van der Waals surface area contributed by atoms with E-state index in [9.17, 15) is 14.7 Å². The van der Waals surface area contributed by atoms with E-state index in [1.54, 1.807) is 39.0 Å². The Bertz CT molecular complexity index is 627. The maximum atomic E-state index is 12.3. The first kappa shape index (κ1) is 17.9. The van der Waals surface area contributed by atoms with Crippen LogP contribution in [0.3, 0.4) is 0 Å². The monoisotopic (exact) mass is 359 g/mol. The molecule has 1 amide bonds. The van der Waals surface area contributed by atoms with Gasteiger partial charge in [-0.25, -0.2) is 9.59 Å². The van der Waals surface area contributed by atoms with Gasteiger partial charge in [-0.1, -0.05) is 29.3 Å². The quantitative estimate of drug-likeness (QED) is 0.860. The van der Waals surface area contributed by atoms with Crippen LogP contribution in [0.25, 0.3) is 0 Å². The predicted molar refractivity (Wildman–Crippen MR) is 88.2 cm³/mol. The van der Waals surface area contributed by atoms with Gasteiger partial charge in [-0.05, 0) is 44.9 Å². The number of hydrogen-bond acceptors (Lipinski definition) is 3. The number of nitrogens with zero attached hydrogens (tertiary/aromatic N) is 1. The van der Waals surface area contributed by atoms with E-state index in [1.165, 1.54) is 4.90 Å². The van der Waals surface area contributed by atoms with Crippen LogP contribution in [0.4, 0.5) is 4.79 Å². The lowest BCUT2D eigenvalue weighted by Gasteiger charge is -2.28. The standard InChI is InChI=1S/C16H19Cl2NO4/c1-16(2,3)23-15(22)19-7-6-11(13(19)14(20)21)10-5-4-9(17)8-12(10)18/h4-5,8,11,13H,6-7H2,1-3H3,(H,20,21). The van der Waals surface area contributed by atoms with Crippen LogP contribution in [-0.2, 0) is 9.53 Å². The average Bonchev–Trinajstić information content (AvgIpc) is 2.81. The maximum absolute atomic E-state index is 12.3. The van der Waals surface area contributed by atoms with Crippen molar-refractivity contribution in [3.8, 4) is 0 Å². The molecule has 1 saturated heterocycles. The normalized spacial score (nSPS) is 21.3. The summed E-state index contributed by atoms with van der Waals surface area (Å²) in [6, 6.07) is 3.94. The fourth-order valence-electron chi connectivity index (χ4n) is 2.75. The molecule has 5 nitrogen and oxygen atoms in total. The SMILES string of the molecule is CC(C)(C)OC(=O)N1CCC(c2ccc(Cl)cc2Cl)C1C(=O)O. The average molecular weight is 360 g/mol. The lowest BCUT2D eigenvalue weighted by Crippen LogP contribution is -2.45. The van der Waals surface area contributed by atoms with Gasteiger partial charge in [0.1, 0.15) is 11.6 Å². The molecular formula is C16H19Cl2NO4. The molecule has 0 aliphatic carbocycles. The second-order valence-corrected chi connectivity index (χ2v) is 7.36. The number of carbonyl (C=O) groups excluding carboxylic acids is 1. The van der Waals surface area contributed by atoms with Crippen molar-refractivity contribution in [3.63, 3.8) is 0 Å². The van der Waals surface area contributed by atoms with Gasteiger partial charge in [-0.15, -0.1) is 0 Å². The molecule has 2 atom stereocenters. The molecule has 7 heteroatoms. The summed E-state index contributed by atoms with van der Waals surface area (Å²) in [6.07, 6.45) is -0.130. The zero-order valence-electron chi connectivity index (χ0n) is 13.2. The Balaban J connectivity index is 2.30. The molecule has 23 heavy (non-hydrogen) atoms. The first-order valence-electron chi connectivity index (χ1n) is 7.27. The highest BCUT2D eigenvalue weighted by Crippen LogP contribution is 2.38. The van der Waals surface area contributed by atoms with Crippen LogP contribution in [0.2, 0.25) is 10.0 Å². The highest BCUT2D eigenvalue weighted by molar-refractivity contribution is 6.35. The summed E-state index contributed by atoms with van der Waals surface area (Å²) >= 11 is 12.1. The Labute approximate surface area is 145 Å². The van der Waals surface area contributed by atoms with Crippen LogP contribution >= 0.6 is 23.2 Å². The third kappa shape index (κ3) is 4.09. The van der Waals surface area contributed by atoms with Crippen molar-refractivity contribution in [2.45, 2.75) is 44.8 Å². The van der Waals surface area contributed by atoms with Crippen LogP contribution in [0.15, 0.2) is 18.2 Å². The lowest BCUT2D eigenvalue weighted by molar-refractivity contribution is -0.142. The number of carboxylic acid groups (broad SMARTS) is 1. The Kier molecular flexibility index (Phi) is 5.11. The molecule has 1 aromatic carbocycles. The van der Waals surface area contributed by atoms with Gasteiger partial charge in [-0.2, -0.15) is 0 Å². The minimum Gasteiger partial charge on any atom is -0.480 e. The Morgan fingerprint density at radius 1 is 1.30 bits per heavy atom. The molecule has 2 unspecified atom stereocenters. The predicted octanol–water partition coefficient (Wildman–Crippen LogP) is 4.17. The summed E-state index contributed by atoms with van der Waals surface area (Å²) in [6.45, 7) is 5.52. The number of carbonyl (C=O) groups is 2. The van der Waals surface area contributed by atoms with Crippen molar-refractivity contribution in [1.82, 2.24) is 4.90 Å². The minimum absolute atomic E-state index is 0.301. The third-order valence-electron chi connectivity index (χ3n) is 3.64. The number of hydrogen-bond donors (Lipinski definition) is 1. The van der Waals surface area contributed by atoms with Crippen molar-refractivity contribution >= 4 is 35.3 Å². The van der Waals surface area contributed by atoms with Gasteiger partial charge < -0.3 is 9.84 Å². The third-order valence-corrected chi connectivity index (χ3v) is 4.20. The summed E-state index contributed by atoms with van der Waals surface area (Å²) in [5.41, 5.74) is -0.00890. The van der Waals surface area contributed by atoms with E-state index >= 15 is 0 Å². The van der Waals surface area contributed by atoms with Gasteiger partial charge >= 0.3 is 12.1 Å². The number of rotatable bonds is 2. The maximum Gasteiger partial charge on any atom is 0.411 e. The molecule has 126 valence electrons. The van der Waals surface area contributed by atoms with Crippen molar-refractivity contribution in [1.29, 1.82) is 0 Å². The molecule has 0 spiro atoms. The fraction of sp³-hybridized carbons (Fsp3) is 0.500. The van der Waals surface area contributed by atoms with Gasteiger partial charge in [0.2, 0.25) is 0 Å². The van der Waals surface area contributed by atoms with E-state index in [1.807, 2.05) is 0 Å². The summed E-state index contributed by atoms with van der Waals surface area (Å²) in [7, 11) is 0. The van der Waals surface area contributed by atoms with Crippen LogP contribution in [0, 0.1) is 0 Å². The van der Waals surface area contributed by atoms with Crippen LogP contribution in [-0.4, -0.2) is 40.3 Å². The number of likely N-dealkylation sites (tertiary alicyclic amines) is 1. The summed E-state index contributed by atoms with van der Waals surface area (Å²) in [4.78, 5) is 25.3. The molecule has 1 aromatic rings. The molecule has 0 bridgehead atoms. The van der Waals surface area contributed by atoms with E-state index in [-0.39, 0.29) is 0 Å². The number of benzene rings is 1. The molecule has 1 aliphatic heterocycles. The van der Waals surface area contributed by atoms with Crippen LogP contribution < -0.4 is 0 Å². The molecule has 2 rings (SSSR count). The molecule has 0 aromatic heterocycles. The summed E-state index contributed by atoms with van der Waals surface area (Å²) in [5.74, 6) is -1.48. The van der Waals surface area contributed by atoms with Gasteiger partial charge in [0.15, 0.2) is 0 Å². The van der Waals surface area contributed by atoms with E-state index in [2.05, 4.69) is 0 Å². The van der Waals surface area contributed by atoms with Crippen molar-refractivity contribution in [3.05, 3.63) is 33.8 Å². The van der Waals surface area contributed by atoms with Crippen molar-refractivity contribution < 1.29 is 19.4 Å². The number of carboxylic acids is 1. The van der Waals surface area contributed by atoms with Gasteiger partial charge in [0, 0.05) is 22.5 Å². The molecular weight excluding hydrogens is 341 g/mol.